The van der Waals surface area contributed by atoms with Gasteiger partial charge < -0.3 is 9.13 Å². The van der Waals surface area contributed by atoms with E-state index in [2.05, 4.69) is 90.0 Å². The third-order valence-corrected chi connectivity index (χ3v) is 6.82. The second-order valence-electron chi connectivity index (χ2n) is 8.39. The van der Waals surface area contributed by atoms with Gasteiger partial charge in [0.25, 0.3) is 0 Å². The van der Waals surface area contributed by atoms with Crippen LogP contribution in [0.5, 0.6) is 0 Å². The van der Waals surface area contributed by atoms with Crippen LogP contribution in [0, 0.1) is 0 Å². The standard InChI is InChI=1S/C25H24N4/c1-28-21-14-8-6-12-19(21)26-23(28)25(16-18(25)17-10-4-3-5-11-17)24-27-20-13-7-9-15-22(20)29(24)2/h3-8,10-14,18H,9,15-16H2,1-2H3/t18-,25?/m1/s1. The van der Waals surface area contributed by atoms with E-state index in [1.807, 2.05) is 0 Å². The maximum absolute atomic E-state index is 5.17. The lowest BCUT2D eigenvalue weighted by atomic mass is 9.96. The fourth-order valence-electron chi connectivity index (χ4n) is 5.29. The fourth-order valence-corrected chi connectivity index (χ4v) is 5.29. The van der Waals surface area contributed by atoms with Crippen LogP contribution in [0.15, 0.2) is 60.7 Å². The summed E-state index contributed by atoms with van der Waals surface area (Å²) in [5, 5.41) is 0. The molecule has 1 saturated carbocycles. The second kappa shape index (κ2) is 5.93. The molecule has 1 unspecified atom stereocenters. The van der Waals surface area contributed by atoms with Gasteiger partial charge in [0.15, 0.2) is 0 Å². The molecule has 2 atom stereocenters. The number of aryl methyl sites for hydroxylation is 1. The Morgan fingerprint density at radius 3 is 2.45 bits per heavy atom. The van der Waals surface area contributed by atoms with Crippen molar-refractivity contribution >= 4 is 17.1 Å². The van der Waals surface area contributed by atoms with Gasteiger partial charge in [0.2, 0.25) is 0 Å². The first kappa shape index (κ1) is 16.8. The third-order valence-electron chi connectivity index (χ3n) is 6.82. The summed E-state index contributed by atoms with van der Waals surface area (Å²) in [5.74, 6) is 2.68. The Bertz CT molecular complexity index is 1260. The van der Waals surface area contributed by atoms with Crippen LogP contribution in [0.3, 0.4) is 0 Å². The van der Waals surface area contributed by atoms with E-state index in [1.54, 1.807) is 0 Å². The molecule has 0 amide bonds. The number of nitrogens with zero attached hydrogens (tertiary/aromatic N) is 4. The Labute approximate surface area is 170 Å². The minimum absolute atomic E-state index is 0.185. The number of rotatable bonds is 3. The summed E-state index contributed by atoms with van der Waals surface area (Å²) in [5.41, 5.74) is 5.90. The molecule has 4 nitrogen and oxygen atoms in total. The van der Waals surface area contributed by atoms with Gasteiger partial charge in [-0.1, -0.05) is 48.5 Å². The molecule has 1 fully saturated rings. The molecule has 29 heavy (non-hydrogen) atoms. The predicted octanol–water partition coefficient (Wildman–Crippen LogP) is 4.74. The van der Waals surface area contributed by atoms with Crippen molar-refractivity contribution in [1.82, 2.24) is 19.1 Å². The topological polar surface area (TPSA) is 35.6 Å². The number of aromatic nitrogens is 4. The number of benzene rings is 2. The van der Waals surface area contributed by atoms with E-state index in [0.717, 1.165) is 42.1 Å². The fraction of sp³-hybridized carbons (Fsp3) is 0.280. The van der Waals surface area contributed by atoms with Crippen molar-refractivity contribution in [2.45, 2.75) is 30.6 Å². The SMILES string of the molecule is Cn1c(C2(c3nc4ccccc4n3C)C[C@@H]2c2ccccc2)nc2c1CCC=C2. The number of hydrogen-bond donors (Lipinski definition) is 0. The average molecular weight is 380 g/mol. The Hall–Kier alpha value is -3.14. The van der Waals surface area contributed by atoms with Gasteiger partial charge in [0, 0.05) is 25.7 Å². The van der Waals surface area contributed by atoms with Gasteiger partial charge in [-0.2, -0.15) is 0 Å². The molecule has 4 aromatic rings. The monoisotopic (exact) mass is 380 g/mol. The van der Waals surface area contributed by atoms with Crippen LogP contribution in [0.25, 0.3) is 17.1 Å². The molecule has 2 aliphatic carbocycles. The molecule has 2 aromatic heterocycles. The highest BCUT2D eigenvalue weighted by atomic mass is 15.2. The zero-order chi connectivity index (χ0) is 19.6. The molecule has 0 N–H and O–H groups in total. The van der Waals surface area contributed by atoms with Crippen LogP contribution in [-0.4, -0.2) is 19.1 Å². The lowest BCUT2D eigenvalue weighted by Crippen LogP contribution is -2.22. The Balaban J connectivity index is 1.60. The molecule has 4 heteroatoms. The average Bonchev–Trinajstić information content (AvgIpc) is 3.30. The van der Waals surface area contributed by atoms with Crippen molar-refractivity contribution in [3.63, 3.8) is 0 Å². The third kappa shape index (κ3) is 2.26. The molecular formula is C25H24N4. The van der Waals surface area contributed by atoms with Crippen LogP contribution in [-0.2, 0) is 25.9 Å². The van der Waals surface area contributed by atoms with E-state index in [9.17, 15) is 0 Å². The van der Waals surface area contributed by atoms with Crippen LogP contribution >= 0.6 is 0 Å². The van der Waals surface area contributed by atoms with Crippen LogP contribution in [0.1, 0.15) is 47.4 Å². The van der Waals surface area contributed by atoms with Crippen LogP contribution in [0.4, 0.5) is 0 Å². The van der Waals surface area contributed by atoms with E-state index >= 15 is 0 Å². The highest BCUT2D eigenvalue weighted by Gasteiger charge is 2.62. The van der Waals surface area contributed by atoms with Gasteiger partial charge in [-0.15, -0.1) is 0 Å². The van der Waals surface area contributed by atoms with Gasteiger partial charge in [-0.25, -0.2) is 9.97 Å². The highest BCUT2D eigenvalue weighted by molar-refractivity contribution is 5.76. The molecule has 144 valence electrons. The number of fused-ring (bicyclic) bond motifs is 2. The molecule has 6 rings (SSSR count). The maximum Gasteiger partial charge on any atom is 0.124 e. The van der Waals surface area contributed by atoms with Gasteiger partial charge in [0.1, 0.15) is 11.6 Å². The first-order valence-electron chi connectivity index (χ1n) is 10.4. The smallest absolute Gasteiger partial charge is 0.124 e. The van der Waals surface area contributed by atoms with Crippen molar-refractivity contribution in [3.8, 4) is 0 Å². The Kier molecular flexibility index (Phi) is 3.43. The summed E-state index contributed by atoms with van der Waals surface area (Å²) in [6.45, 7) is 0. The largest absolute Gasteiger partial charge is 0.334 e. The normalized spacial score (nSPS) is 22.8. The summed E-state index contributed by atoms with van der Waals surface area (Å²) in [6.07, 6.45) is 7.62. The second-order valence-corrected chi connectivity index (χ2v) is 8.39. The number of hydrogen-bond acceptors (Lipinski definition) is 2. The molecule has 0 radical (unpaired) electrons. The zero-order valence-corrected chi connectivity index (χ0v) is 16.8. The predicted molar refractivity (Wildman–Crippen MR) is 116 cm³/mol. The number of allylic oxidation sites excluding steroid dienone is 1. The van der Waals surface area contributed by atoms with E-state index in [4.69, 9.17) is 9.97 Å². The minimum atomic E-state index is -0.185. The first-order valence-corrected chi connectivity index (χ1v) is 10.4. The quantitative estimate of drug-likeness (QED) is 0.515. The molecule has 0 spiro atoms. The van der Waals surface area contributed by atoms with Gasteiger partial charge in [-0.05, 0) is 43.0 Å². The highest BCUT2D eigenvalue weighted by Crippen LogP contribution is 2.63. The molecule has 2 aliphatic rings. The van der Waals surface area contributed by atoms with Crippen molar-refractivity contribution in [2.24, 2.45) is 14.1 Å². The zero-order valence-electron chi connectivity index (χ0n) is 16.8. The van der Waals surface area contributed by atoms with Crippen molar-refractivity contribution in [2.75, 3.05) is 0 Å². The van der Waals surface area contributed by atoms with E-state index in [-0.39, 0.29) is 5.41 Å². The van der Waals surface area contributed by atoms with Crippen LogP contribution < -0.4 is 0 Å². The van der Waals surface area contributed by atoms with Gasteiger partial charge >= 0.3 is 0 Å². The van der Waals surface area contributed by atoms with Gasteiger partial charge in [-0.3, -0.25) is 0 Å². The van der Waals surface area contributed by atoms with E-state index in [0.29, 0.717) is 5.92 Å². The number of imidazole rings is 2. The summed E-state index contributed by atoms with van der Waals surface area (Å²) < 4.78 is 4.63. The maximum atomic E-state index is 5.17. The lowest BCUT2D eigenvalue weighted by molar-refractivity contribution is 0.605. The minimum Gasteiger partial charge on any atom is -0.334 e. The molecule has 0 aliphatic heterocycles. The van der Waals surface area contributed by atoms with Crippen molar-refractivity contribution < 1.29 is 0 Å². The molecular weight excluding hydrogens is 356 g/mol. The number of para-hydroxylation sites is 2. The lowest BCUT2D eigenvalue weighted by Gasteiger charge is -2.19. The van der Waals surface area contributed by atoms with Crippen molar-refractivity contribution in [1.29, 1.82) is 0 Å². The molecule has 2 aromatic carbocycles. The summed E-state index contributed by atoms with van der Waals surface area (Å²) in [6, 6.07) is 19.3. The first-order chi connectivity index (χ1) is 14.2. The summed E-state index contributed by atoms with van der Waals surface area (Å²) >= 11 is 0. The van der Waals surface area contributed by atoms with E-state index < -0.39 is 0 Å². The van der Waals surface area contributed by atoms with Crippen molar-refractivity contribution in [3.05, 3.63) is 89.3 Å². The van der Waals surface area contributed by atoms with Crippen LogP contribution in [0.2, 0.25) is 0 Å². The van der Waals surface area contributed by atoms with E-state index in [1.165, 1.54) is 16.8 Å². The Morgan fingerprint density at radius 1 is 0.897 bits per heavy atom. The summed E-state index contributed by atoms with van der Waals surface area (Å²) in [7, 11) is 4.33. The molecule has 0 bridgehead atoms. The molecule has 0 saturated heterocycles. The summed E-state index contributed by atoms with van der Waals surface area (Å²) in [4.78, 5) is 10.3. The Morgan fingerprint density at radius 2 is 1.66 bits per heavy atom. The van der Waals surface area contributed by atoms with Gasteiger partial charge in [0.05, 0.1) is 22.1 Å². The molecule has 2 heterocycles.